The summed E-state index contributed by atoms with van der Waals surface area (Å²) in [7, 11) is 0. The highest BCUT2D eigenvalue weighted by molar-refractivity contribution is 6.05. The lowest BCUT2D eigenvalue weighted by Crippen LogP contribution is -2.42. The Bertz CT molecular complexity index is 883. The summed E-state index contributed by atoms with van der Waals surface area (Å²) in [6.07, 6.45) is 5.04. The lowest BCUT2D eigenvalue weighted by molar-refractivity contribution is -0.120. The van der Waals surface area contributed by atoms with Gasteiger partial charge < -0.3 is 10.3 Å². The van der Waals surface area contributed by atoms with Crippen LogP contribution in [0.5, 0.6) is 0 Å². The van der Waals surface area contributed by atoms with E-state index in [4.69, 9.17) is 0 Å². The minimum absolute atomic E-state index is 0.141. The normalized spacial score (nSPS) is 14.4. The zero-order valence-electron chi connectivity index (χ0n) is 11.5. The first kappa shape index (κ1) is 12.5. The van der Waals surface area contributed by atoms with Gasteiger partial charge in [0.25, 0.3) is 5.91 Å². The minimum Gasteiger partial charge on any atom is -0.359 e. The molecule has 1 aliphatic rings. The van der Waals surface area contributed by atoms with Crippen molar-refractivity contribution in [1.82, 2.24) is 25.7 Å². The Morgan fingerprint density at radius 1 is 1.05 bits per heavy atom. The second-order valence-corrected chi connectivity index (χ2v) is 4.96. The zero-order chi connectivity index (χ0) is 14.9. The van der Waals surface area contributed by atoms with E-state index in [2.05, 4.69) is 30.8 Å². The van der Waals surface area contributed by atoms with Gasteiger partial charge in [-0.15, -0.1) is 0 Å². The predicted octanol–water partition coefficient (Wildman–Crippen LogP) is 1.01. The van der Waals surface area contributed by atoms with Crippen molar-refractivity contribution in [3.63, 3.8) is 0 Å². The van der Waals surface area contributed by atoms with Crippen LogP contribution < -0.4 is 10.7 Å². The summed E-state index contributed by atoms with van der Waals surface area (Å²) in [6.45, 7) is 0.233. The Hall–Kier alpha value is -3.22. The van der Waals surface area contributed by atoms with Gasteiger partial charge >= 0.3 is 0 Å². The lowest BCUT2D eigenvalue weighted by atomic mass is 10.1. The fourth-order valence-electron chi connectivity index (χ4n) is 2.40. The van der Waals surface area contributed by atoms with Crippen molar-refractivity contribution in [2.75, 3.05) is 6.54 Å². The molecule has 0 radical (unpaired) electrons. The molecule has 1 aromatic carbocycles. The number of nitrogens with zero attached hydrogens (tertiary/aromatic N) is 3. The molecular weight excluding hydrogens is 280 g/mol. The topological polar surface area (TPSA) is 95.1 Å². The summed E-state index contributed by atoms with van der Waals surface area (Å²) in [5.41, 5.74) is 6.30. The standard InChI is InChI=1S/C15H12N6O/c22-14-7-18-15(21-20-14)9-1-2-12-10(3-9)4-13(19-12)11-5-16-8-17-6-11/h1-6,8,19H,7H2,(H,18,21)(H,20,22). The minimum atomic E-state index is -0.141. The molecule has 3 aromatic rings. The monoisotopic (exact) mass is 292 g/mol. The molecule has 0 atom stereocenters. The van der Waals surface area contributed by atoms with Crippen LogP contribution in [0.1, 0.15) is 5.56 Å². The molecule has 7 heteroatoms. The number of H-pyrrole nitrogens is 1. The molecule has 22 heavy (non-hydrogen) atoms. The molecule has 0 bridgehead atoms. The molecule has 108 valence electrons. The van der Waals surface area contributed by atoms with Gasteiger partial charge in [-0.2, -0.15) is 5.10 Å². The SMILES string of the molecule is O=C1CNC(c2ccc3[nH]c(-c4cncnc4)cc3c2)=NN1. The Balaban J connectivity index is 1.74. The zero-order valence-corrected chi connectivity index (χ0v) is 11.5. The Morgan fingerprint density at radius 2 is 1.91 bits per heavy atom. The first-order chi connectivity index (χ1) is 10.8. The first-order valence-electron chi connectivity index (χ1n) is 6.78. The molecule has 0 unspecified atom stereocenters. The van der Waals surface area contributed by atoms with E-state index >= 15 is 0 Å². The van der Waals surface area contributed by atoms with E-state index in [0.717, 1.165) is 27.7 Å². The van der Waals surface area contributed by atoms with Crippen LogP contribution in [-0.2, 0) is 4.79 Å². The second kappa shape index (κ2) is 4.96. The van der Waals surface area contributed by atoms with E-state index in [1.807, 2.05) is 24.3 Å². The van der Waals surface area contributed by atoms with Gasteiger partial charge in [0.1, 0.15) is 6.33 Å². The summed E-state index contributed by atoms with van der Waals surface area (Å²) in [5.74, 6) is 0.519. The van der Waals surface area contributed by atoms with Crippen LogP contribution in [0.25, 0.3) is 22.2 Å². The number of rotatable bonds is 2. The van der Waals surface area contributed by atoms with Gasteiger partial charge in [-0.1, -0.05) is 0 Å². The summed E-state index contributed by atoms with van der Waals surface area (Å²) < 4.78 is 0. The molecule has 0 aliphatic carbocycles. The lowest BCUT2D eigenvalue weighted by Gasteiger charge is -2.14. The number of amides is 1. The maximum absolute atomic E-state index is 11.1. The summed E-state index contributed by atoms with van der Waals surface area (Å²) in [6, 6.07) is 7.99. The Labute approximate surface area is 125 Å². The van der Waals surface area contributed by atoms with E-state index in [1.165, 1.54) is 6.33 Å². The van der Waals surface area contributed by atoms with E-state index in [-0.39, 0.29) is 12.5 Å². The summed E-state index contributed by atoms with van der Waals surface area (Å²) in [4.78, 5) is 22.5. The Morgan fingerprint density at radius 3 is 2.68 bits per heavy atom. The number of fused-ring (bicyclic) bond motifs is 1. The molecule has 3 heterocycles. The molecule has 0 saturated heterocycles. The van der Waals surface area contributed by atoms with Gasteiger partial charge in [-0.3, -0.25) is 4.79 Å². The maximum Gasteiger partial charge on any atom is 0.259 e. The van der Waals surface area contributed by atoms with Crippen molar-refractivity contribution in [3.05, 3.63) is 48.5 Å². The average molecular weight is 292 g/mol. The third kappa shape index (κ3) is 2.18. The second-order valence-electron chi connectivity index (χ2n) is 4.96. The van der Waals surface area contributed by atoms with Crippen molar-refractivity contribution in [3.8, 4) is 11.3 Å². The highest BCUT2D eigenvalue weighted by Crippen LogP contribution is 2.24. The van der Waals surface area contributed by atoms with Crippen molar-refractivity contribution >= 4 is 22.6 Å². The molecule has 0 fully saturated rings. The van der Waals surface area contributed by atoms with Gasteiger partial charge in [0.2, 0.25) is 0 Å². The van der Waals surface area contributed by atoms with Gasteiger partial charge in [-0.25, -0.2) is 15.4 Å². The van der Waals surface area contributed by atoms with Gasteiger partial charge in [0.05, 0.1) is 6.54 Å². The largest absolute Gasteiger partial charge is 0.359 e. The number of amidine groups is 1. The number of aromatic nitrogens is 3. The van der Waals surface area contributed by atoms with E-state index in [1.54, 1.807) is 12.4 Å². The number of aromatic amines is 1. The number of carbonyl (C=O) groups is 1. The summed E-state index contributed by atoms with van der Waals surface area (Å²) in [5, 5.41) is 8.08. The van der Waals surface area contributed by atoms with Crippen molar-refractivity contribution in [2.24, 2.45) is 5.10 Å². The van der Waals surface area contributed by atoms with Gasteiger partial charge in [-0.05, 0) is 24.3 Å². The third-order valence-corrected chi connectivity index (χ3v) is 3.47. The summed E-state index contributed by atoms with van der Waals surface area (Å²) >= 11 is 0. The third-order valence-electron chi connectivity index (χ3n) is 3.47. The van der Waals surface area contributed by atoms with Crippen molar-refractivity contribution in [2.45, 2.75) is 0 Å². The van der Waals surface area contributed by atoms with Crippen LogP contribution in [-0.4, -0.2) is 33.2 Å². The smallest absolute Gasteiger partial charge is 0.259 e. The highest BCUT2D eigenvalue weighted by Gasteiger charge is 2.13. The molecule has 7 nitrogen and oxygen atoms in total. The van der Waals surface area contributed by atoms with E-state index in [0.29, 0.717) is 5.84 Å². The number of nitrogens with one attached hydrogen (secondary N) is 3. The van der Waals surface area contributed by atoms with E-state index in [9.17, 15) is 4.79 Å². The predicted molar refractivity (Wildman–Crippen MR) is 82.0 cm³/mol. The molecule has 2 aromatic heterocycles. The molecule has 0 spiro atoms. The van der Waals surface area contributed by atoms with Crippen LogP contribution >= 0.6 is 0 Å². The molecule has 4 rings (SSSR count). The molecular formula is C15H12N6O. The molecule has 1 amide bonds. The number of carbonyl (C=O) groups excluding carboxylic acids is 1. The van der Waals surface area contributed by atoms with Crippen LogP contribution in [0.4, 0.5) is 0 Å². The quantitative estimate of drug-likeness (QED) is 0.657. The maximum atomic E-state index is 11.1. The fraction of sp³-hybridized carbons (Fsp3) is 0.0667. The number of hydrogen-bond acceptors (Lipinski definition) is 5. The van der Waals surface area contributed by atoms with Crippen LogP contribution in [0.2, 0.25) is 0 Å². The average Bonchev–Trinajstić information content (AvgIpc) is 2.99. The van der Waals surface area contributed by atoms with Gasteiger partial charge in [0.15, 0.2) is 5.84 Å². The molecule has 1 aliphatic heterocycles. The van der Waals surface area contributed by atoms with E-state index < -0.39 is 0 Å². The number of benzene rings is 1. The number of hydrogen-bond donors (Lipinski definition) is 3. The van der Waals surface area contributed by atoms with Crippen molar-refractivity contribution < 1.29 is 4.79 Å². The number of hydrazone groups is 1. The fourth-order valence-corrected chi connectivity index (χ4v) is 2.40. The van der Waals surface area contributed by atoms with Crippen molar-refractivity contribution in [1.29, 1.82) is 0 Å². The van der Waals surface area contributed by atoms with Crippen LogP contribution in [0.15, 0.2) is 48.1 Å². The van der Waals surface area contributed by atoms with Crippen LogP contribution in [0.3, 0.4) is 0 Å². The van der Waals surface area contributed by atoms with Gasteiger partial charge in [0, 0.05) is 40.1 Å². The molecule has 0 saturated carbocycles. The Kier molecular flexibility index (Phi) is 2.82. The molecule has 3 N–H and O–H groups in total. The highest BCUT2D eigenvalue weighted by atomic mass is 16.2. The van der Waals surface area contributed by atoms with Crippen LogP contribution in [0, 0.1) is 0 Å². The first-order valence-corrected chi connectivity index (χ1v) is 6.78.